The minimum Gasteiger partial charge on any atom is -0.497 e. The zero-order chi connectivity index (χ0) is 29.7. The van der Waals surface area contributed by atoms with E-state index in [-0.39, 0.29) is 35.8 Å². The number of ether oxygens (including phenoxy) is 2. The van der Waals surface area contributed by atoms with Gasteiger partial charge >= 0.3 is 6.03 Å². The quantitative estimate of drug-likeness (QED) is 0.324. The van der Waals surface area contributed by atoms with Crippen LogP contribution in [-0.2, 0) is 23.1 Å². The molecule has 11 heteroatoms. The molecule has 2 aliphatic rings. The summed E-state index contributed by atoms with van der Waals surface area (Å²) in [4.78, 5) is 40.4. The number of carbonyl (C=O) groups is 3. The molecule has 222 valence electrons. The van der Waals surface area contributed by atoms with Crippen LogP contribution in [0.2, 0.25) is 0 Å². The van der Waals surface area contributed by atoms with Gasteiger partial charge in [-0.25, -0.2) is 4.79 Å². The van der Waals surface area contributed by atoms with Crippen molar-refractivity contribution in [2.75, 3.05) is 38.7 Å². The van der Waals surface area contributed by atoms with Gasteiger partial charge in [-0.2, -0.15) is 5.10 Å². The summed E-state index contributed by atoms with van der Waals surface area (Å²) < 4.78 is 11.0. The lowest BCUT2D eigenvalue weighted by atomic mass is 9.74. The van der Waals surface area contributed by atoms with Gasteiger partial charge in [-0.3, -0.25) is 14.7 Å². The van der Waals surface area contributed by atoms with Crippen LogP contribution in [0.15, 0.2) is 48.5 Å². The number of anilines is 1. The SMILES string of the molecule is COc1ccc(C2(CNC(=O)c3n[nH]c4c3CN(C(=O)Nc3ccc(C(=O)NC(C)C)cc3)CC4)CCOCC2)cc1. The van der Waals surface area contributed by atoms with Crippen molar-refractivity contribution < 1.29 is 23.9 Å². The summed E-state index contributed by atoms with van der Waals surface area (Å²) in [5.41, 5.74) is 3.87. The molecule has 0 spiro atoms. The van der Waals surface area contributed by atoms with Crippen LogP contribution in [0.25, 0.3) is 0 Å². The molecule has 2 aromatic carbocycles. The van der Waals surface area contributed by atoms with Gasteiger partial charge in [0.05, 0.1) is 13.7 Å². The zero-order valence-corrected chi connectivity index (χ0v) is 24.3. The minimum atomic E-state index is -0.284. The Kier molecular flexibility index (Phi) is 8.77. The van der Waals surface area contributed by atoms with Gasteiger partial charge in [-0.15, -0.1) is 0 Å². The highest BCUT2D eigenvalue weighted by atomic mass is 16.5. The molecule has 0 aliphatic carbocycles. The van der Waals surface area contributed by atoms with Gasteiger partial charge in [0.2, 0.25) is 0 Å². The standard InChI is InChI=1S/C31H38N6O5/c1-20(2)33-28(38)21-4-8-23(9-5-21)34-30(40)37-15-12-26-25(18-37)27(36-35-26)29(39)32-19-31(13-16-42-17-14-31)22-6-10-24(41-3)11-7-22/h4-11,20H,12-19H2,1-3H3,(H,32,39)(H,33,38)(H,34,40)(H,35,36). The second kappa shape index (κ2) is 12.6. The molecule has 0 bridgehead atoms. The summed E-state index contributed by atoms with van der Waals surface area (Å²) in [6.45, 7) is 6.23. The van der Waals surface area contributed by atoms with Crippen LogP contribution in [0.5, 0.6) is 5.75 Å². The molecule has 3 aromatic rings. The summed E-state index contributed by atoms with van der Waals surface area (Å²) in [5, 5.41) is 16.2. The molecule has 0 saturated carbocycles. The van der Waals surface area contributed by atoms with Crippen LogP contribution in [0, 0.1) is 0 Å². The first-order valence-corrected chi connectivity index (χ1v) is 14.3. The lowest BCUT2D eigenvalue weighted by Gasteiger charge is -2.38. The molecule has 1 aromatic heterocycles. The third-order valence-electron chi connectivity index (χ3n) is 7.99. The first-order valence-electron chi connectivity index (χ1n) is 14.3. The maximum atomic E-state index is 13.4. The number of methoxy groups -OCH3 is 1. The average molecular weight is 575 g/mol. The fraction of sp³-hybridized carbons (Fsp3) is 0.419. The van der Waals surface area contributed by atoms with Crippen molar-refractivity contribution in [3.8, 4) is 5.75 Å². The molecule has 4 amide bonds. The Morgan fingerprint density at radius 1 is 1.05 bits per heavy atom. The summed E-state index contributed by atoms with van der Waals surface area (Å²) in [6, 6.07) is 14.5. The summed E-state index contributed by atoms with van der Waals surface area (Å²) in [7, 11) is 1.64. The maximum absolute atomic E-state index is 13.4. The van der Waals surface area contributed by atoms with E-state index in [9.17, 15) is 14.4 Å². The number of rotatable bonds is 8. The van der Waals surface area contributed by atoms with Crippen molar-refractivity contribution >= 4 is 23.5 Å². The number of aromatic amines is 1. The number of urea groups is 1. The molecular formula is C31H38N6O5. The first-order chi connectivity index (χ1) is 20.3. The number of nitrogens with zero attached hydrogens (tertiary/aromatic N) is 2. The lowest BCUT2D eigenvalue weighted by Crippen LogP contribution is -2.45. The highest BCUT2D eigenvalue weighted by Gasteiger charge is 2.36. The van der Waals surface area contributed by atoms with Crippen molar-refractivity contribution in [1.82, 2.24) is 25.7 Å². The molecular weight excluding hydrogens is 536 g/mol. The van der Waals surface area contributed by atoms with Crippen LogP contribution in [-0.4, -0.2) is 72.4 Å². The third-order valence-corrected chi connectivity index (χ3v) is 7.99. The summed E-state index contributed by atoms with van der Waals surface area (Å²) in [5.74, 6) is 0.348. The van der Waals surface area contributed by atoms with Crippen LogP contribution < -0.4 is 20.7 Å². The van der Waals surface area contributed by atoms with Crippen molar-refractivity contribution in [2.45, 2.75) is 51.1 Å². The Morgan fingerprint density at radius 3 is 2.43 bits per heavy atom. The van der Waals surface area contributed by atoms with E-state index >= 15 is 0 Å². The van der Waals surface area contributed by atoms with Crippen molar-refractivity contribution in [3.05, 3.63) is 76.6 Å². The molecule has 0 radical (unpaired) electrons. The van der Waals surface area contributed by atoms with Crippen LogP contribution >= 0.6 is 0 Å². The second-order valence-corrected chi connectivity index (χ2v) is 11.1. The first kappa shape index (κ1) is 29.1. The fourth-order valence-corrected chi connectivity index (χ4v) is 5.52. The zero-order valence-electron chi connectivity index (χ0n) is 24.3. The highest BCUT2D eigenvalue weighted by molar-refractivity contribution is 5.96. The molecule has 2 aliphatic heterocycles. The summed E-state index contributed by atoms with van der Waals surface area (Å²) >= 11 is 0. The van der Waals surface area contributed by atoms with E-state index < -0.39 is 0 Å². The Balaban J connectivity index is 1.23. The van der Waals surface area contributed by atoms with Crippen LogP contribution in [0.3, 0.4) is 0 Å². The number of nitrogens with one attached hydrogen (secondary N) is 4. The maximum Gasteiger partial charge on any atom is 0.322 e. The predicted molar refractivity (Wildman–Crippen MR) is 158 cm³/mol. The van der Waals surface area contributed by atoms with Crippen LogP contribution in [0.4, 0.5) is 10.5 Å². The van der Waals surface area contributed by atoms with E-state index in [0.29, 0.717) is 49.7 Å². The third kappa shape index (κ3) is 6.41. The monoisotopic (exact) mass is 574 g/mol. The molecule has 5 rings (SSSR count). The Hall–Kier alpha value is -4.38. The lowest BCUT2D eigenvalue weighted by molar-refractivity contribution is 0.0486. The number of hydrogen-bond donors (Lipinski definition) is 4. The van der Waals surface area contributed by atoms with E-state index in [2.05, 4.69) is 38.3 Å². The van der Waals surface area contributed by atoms with Crippen molar-refractivity contribution in [3.63, 3.8) is 0 Å². The molecule has 4 N–H and O–H groups in total. The largest absolute Gasteiger partial charge is 0.497 e. The van der Waals surface area contributed by atoms with Crippen molar-refractivity contribution in [1.29, 1.82) is 0 Å². The average Bonchev–Trinajstić information content (AvgIpc) is 3.44. The number of benzene rings is 2. The minimum absolute atomic E-state index is 0.0345. The van der Waals surface area contributed by atoms with Crippen LogP contribution in [0.1, 0.15) is 64.4 Å². The number of carbonyl (C=O) groups excluding carboxylic acids is 3. The van der Waals surface area contributed by atoms with E-state index in [1.807, 2.05) is 26.0 Å². The summed E-state index contributed by atoms with van der Waals surface area (Å²) in [6.07, 6.45) is 2.13. The van der Waals surface area contributed by atoms with Gasteiger partial charge in [0, 0.05) is 66.7 Å². The molecule has 42 heavy (non-hydrogen) atoms. The van der Waals surface area contributed by atoms with E-state index in [0.717, 1.165) is 35.4 Å². The smallest absolute Gasteiger partial charge is 0.322 e. The fourth-order valence-electron chi connectivity index (χ4n) is 5.52. The topological polar surface area (TPSA) is 138 Å². The second-order valence-electron chi connectivity index (χ2n) is 11.1. The van der Waals surface area contributed by atoms with Gasteiger partial charge in [-0.05, 0) is 68.7 Å². The molecule has 1 saturated heterocycles. The van der Waals surface area contributed by atoms with E-state index in [1.54, 1.807) is 36.3 Å². The van der Waals surface area contributed by atoms with E-state index in [1.165, 1.54) is 0 Å². The Labute approximate surface area is 245 Å². The number of hydrogen-bond acceptors (Lipinski definition) is 6. The van der Waals surface area contributed by atoms with Gasteiger partial charge in [0.25, 0.3) is 11.8 Å². The van der Waals surface area contributed by atoms with Gasteiger partial charge in [-0.1, -0.05) is 12.1 Å². The molecule has 0 atom stereocenters. The molecule has 3 heterocycles. The van der Waals surface area contributed by atoms with Crippen molar-refractivity contribution in [2.24, 2.45) is 0 Å². The molecule has 1 fully saturated rings. The molecule has 0 unspecified atom stereocenters. The number of fused-ring (bicyclic) bond motifs is 1. The van der Waals surface area contributed by atoms with E-state index in [4.69, 9.17) is 9.47 Å². The normalized spacial score (nSPS) is 16.0. The predicted octanol–water partition coefficient (Wildman–Crippen LogP) is 3.62. The Bertz CT molecular complexity index is 1410. The van der Waals surface area contributed by atoms with Gasteiger partial charge in [0.15, 0.2) is 5.69 Å². The Morgan fingerprint density at radius 2 is 1.76 bits per heavy atom. The number of H-pyrrole nitrogens is 1. The number of amides is 4. The molecule has 11 nitrogen and oxygen atoms in total. The van der Waals surface area contributed by atoms with Gasteiger partial charge < -0.3 is 30.3 Å². The highest BCUT2D eigenvalue weighted by Crippen LogP contribution is 2.35. The number of aromatic nitrogens is 2. The van der Waals surface area contributed by atoms with Gasteiger partial charge in [0.1, 0.15) is 5.75 Å².